The highest BCUT2D eigenvalue weighted by atomic mass is 16.2. The molecule has 2 aliphatic rings. The van der Waals surface area contributed by atoms with Crippen LogP contribution in [0.5, 0.6) is 0 Å². The van der Waals surface area contributed by atoms with Crippen LogP contribution in [0.1, 0.15) is 52.0 Å². The predicted octanol–water partition coefficient (Wildman–Crippen LogP) is 3.41. The van der Waals surface area contributed by atoms with Gasteiger partial charge in [0.15, 0.2) is 0 Å². The largest absolute Gasteiger partial charge is 0.354 e. The number of carbonyl (C=O) groups is 2. The second kappa shape index (κ2) is 7.43. The molecule has 2 aromatic rings. The third kappa shape index (κ3) is 3.42. The van der Waals surface area contributed by atoms with E-state index in [0.717, 1.165) is 43.5 Å². The summed E-state index contributed by atoms with van der Waals surface area (Å²) in [7, 11) is 2.03. The van der Waals surface area contributed by atoms with Gasteiger partial charge in [-0.3, -0.25) is 9.59 Å². The Labute approximate surface area is 160 Å². The highest BCUT2D eigenvalue weighted by Gasteiger charge is 2.36. The normalized spacial score (nSPS) is 19.1. The molecular weight excluding hydrogens is 338 g/mol. The van der Waals surface area contributed by atoms with Gasteiger partial charge < -0.3 is 15.1 Å². The first-order valence-corrected chi connectivity index (χ1v) is 9.65. The Bertz CT molecular complexity index is 850. The molecule has 1 atom stereocenters. The summed E-state index contributed by atoms with van der Waals surface area (Å²) in [6.07, 6.45) is 4.43. The molecular formula is C22H25N3O2. The minimum absolute atomic E-state index is 0.0891. The Morgan fingerprint density at radius 1 is 1.11 bits per heavy atom. The van der Waals surface area contributed by atoms with E-state index in [1.807, 2.05) is 48.3 Å². The van der Waals surface area contributed by atoms with Crippen molar-refractivity contribution in [2.45, 2.75) is 38.4 Å². The fourth-order valence-electron chi connectivity index (χ4n) is 4.07. The standard InChI is InChI=1S/C22H25N3O2/c1-24-19-14-17(21(26)23-15-16-8-4-2-5-9-16)11-12-18(19)22(27)25-13-7-3-6-10-20(24)25/h2,4-5,8-9,11-12,14,20H,3,6-7,10,13,15H2,1H3,(H,23,26)/t20-/m1/s1. The van der Waals surface area contributed by atoms with Gasteiger partial charge in [-0.2, -0.15) is 0 Å². The number of nitrogens with one attached hydrogen (secondary N) is 1. The lowest BCUT2D eigenvalue weighted by Gasteiger charge is -2.43. The lowest BCUT2D eigenvalue weighted by molar-refractivity contribution is 0.0661. The van der Waals surface area contributed by atoms with Crippen LogP contribution in [-0.4, -0.2) is 36.5 Å². The molecule has 0 saturated carbocycles. The average Bonchev–Trinajstić information content (AvgIpc) is 2.97. The van der Waals surface area contributed by atoms with Crippen molar-refractivity contribution in [3.05, 3.63) is 65.2 Å². The number of amides is 2. The Balaban J connectivity index is 1.56. The zero-order valence-electron chi connectivity index (χ0n) is 15.6. The van der Waals surface area contributed by atoms with E-state index in [-0.39, 0.29) is 18.0 Å². The molecule has 0 aromatic heterocycles. The maximum Gasteiger partial charge on any atom is 0.257 e. The van der Waals surface area contributed by atoms with Crippen molar-refractivity contribution in [1.29, 1.82) is 0 Å². The van der Waals surface area contributed by atoms with Crippen LogP contribution in [0.25, 0.3) is 0 Å². The molecule has 1 fully saturated rings. The summed E-state index contributed by atoms with van der Waals surface area (Å²) in [5, 5.41) is 2.96. The van der Waals surface area contributed by atoms with Gasteiger partial charge in [0.05, 0.1) is 11.3 Å². The van der Waals surface area contributed by atoms with Crippen molar-refractivity contribution < 1.29 is 9.59 Å². The number of anilines is 1. The summed E-state index contributed by atoms with van der Waals surface area (Å²) in [6, 6.07) is 15.3. The van der Waals surface area contributed by atoms with Crippen LogP contribution < -0.4 is 10.2 Å². The molecule has 0 bridgehead atoms. The average molecular weight is 363 g/mol. The van der Waals surface area contributed by atoms with Gasteiger partial charge in [-0.1, -0.05) is 36.8 Å². The monoisotopic (exact) mass is 363 g/mol. The van der Waals surface area contributed by atoms with E-state index < -0.39 is 0 Å². The number of fused-ring (bicyclic) bond motifs is 2. The second-order valence-electron chi connectivity index (χ2n) is 7.34. The zero-order chi connectivity index (χ0) is 18.8. The highest BCUT2D eigenvalue weighted by molar-refractivity contribution is 6.04. The number of hydrogen-bond donors (Lipinski definition) is 1. The van der Waals surface area contributed by atoms with Crippen LogP contribution in [0, 0.1) is 0 Å². The Hall–Kier alpha value is -2.82. The molecule has 0 aliphatic carbocycles. The molecule has 0 radical (unpaired) electrons. The molecule has 2 heterocycles. The summed E-state index contributed by atoms with van der Waals surface area (Å²) >= 11 is 0. The maximum atomic E-state index is 12.9. The topological polar surface area (TPSA) is 52.7 Å². The smallest absolute Gasteiger partial charge is 0.257 e. The van der Waals surface area contributed by atoms with E-state index in [1.54, 1.807) is 12.1 Å². The van der Waals surface area contributed by atoms with Crippen LogP contribution in [-0.2, 0) is 6.54 Å². The molecule has 27 heavy (non-hydrogen) atoms. The summed E-state index contributed by atoms with van der Waals surface area (Å²) < 4.78 is 0. The van der Waals surface area contributed by atoms with Gasteiger partial charge in [-0.15, -0.1) is 0 Å². The molecule has 2 aliphatic heterocycles. The fraction of sp³-hybridized carbons (Fsp3) is 0.364. The molecule has 5 heteroatoms. The first-order chi connectivity index (χ1) is 13.1. The van der Waals surface area contributed by atoms with Crippen LogP contribution in [0.4, 0.5) is 5.69 Å². The second-order valence-corrected chi connectivity index (χ2v) is 7.34. The van der Waals surface area contributed by atoms with E-state index in [2.05, 4.69) is 10.2 Å². The molecule has 0 unspecified atom stereocenters. The number of benzene rings is 2. The van der Waals surface area contributed by atoms with Gasteiger partial charge in [-0.25, -0.2) is 0 Å². The van der Waals surface area contributed by atoms with E-state index in [9.17, 15) is 9.59 Å². The molecule has 5 nitrogen and oxygen atoms in total. The van der Waals surface area contributed by atoms with Crippen molar-refractivity contribution in [3.8, 4) is 0 Å². The first kappa shape index (κ1) is 17.6. The van der Waals surface area contributed by atoms with Gasteiger partial charge in [0.1, 0.15) is 6.17 Å². The molecule has 0 spiro atoms. The third-order valence-electron chi connectivity index (χ3n) is 5.60. The summed E-state index contributed by atoms with van der Waals surface area (Å²) in [6.45, 7) is 1.30. The van der Waals surface area contributed by atoms with E-state index in [0.29, 0.717) is 17.7 Å². The van der Waals surface area contributed by atoms with Crippen LogP contribution in [0.3, 0.4) is 0 Å². The first-order valence-electron chi connectivity index (χ1n) is 9.65. The van der Waals surface area contributed by atoms with Crippen molar-refractivity contribution in [3.63, 3.8) is 0 Å². The van der Waals surface area contributed by atoms with Crippen LogP contribution in [0.2, 0.25) is 0 Å². The molecule has 1 saturated heterocycles. The lowest BCUT2D eigenvalue weighted by atomic mass is 10.0. The van der Waals surface area contributed by atoms with E-state index in [1.165, 1.54) is 0 Å². The minimum atomic E-state index is -0.120. The fourth-order valence-corrected chi connectivity index (χ4v) is 4.07. The minimum Gasteiger partial charge on any atom is -0.354 e. The van der Waals surface area contributed by atoms with Crippen molar-refractivity contribution in [2.75, 3.05) is 18.5 Å². The summed E-state index contributed by atoms with van der Waals surface area (Å²) in [4.78, 5) is 29.7. The quantitative estimate of drug-likeness (QED) is 0.909. The maximum absolute atomic E-state index is 12.9. The lowest BCUT2D eigenvalue weighted by Crippen LogP contribution is -2.53. The van der Waals surface area contributed by atoms with Gasteiger partial charge >= 0.3 is 0 Å². The third-order valence-corrected chi connectivity index (χ3v) is 5.60. The Kier molecular flexibility index (Phi) is 4.84. The molecule has 2 amide bonds. The Morgan fingerprint density at radius 3 is 2.74 bits per heavy atom. The van der Waals surface area contributed by atoms with Crippen LogP contribution >= 0.6 is 0 Å². The van der Waals surface area contributed by atoms with Gasteiger partial charge in [0, 0.05) is 25.7 Å². The number of rotatable bonds is 3. The SMILES string of the molecule is CN1c2cc(C(=O)NCc3ccccc3)ccc2C(=O)N2CCCCC[C@@H]21. The summed E-state index contributed by atoms with van der Waals surface area (Å²) in [5.41, 5.74) is 3.20. The van der Waals surface area contributed by atoms with Gasteiger partial charge in [-0.05, 0) is 43.0 Å². The van der Waals surface area contributed by atoms with Crippen molar-refractivity contribution >= 4 is 17.5 Å². The van der Waals surface area contributed by atoms with Crippen molar-refractivity contribution in [2.24, 2.45) is 0 Å². The Morgan fingerprint density at radius 2 is 1.93 bits per heavy atom. The molecule has 2 aromatic carbocycles. The number of hydrogen-bond acceptors (Lipinski definition) is 3. The van der Waals surface area contributed by atoms with Gasteiger partial charge in [0.2, 0.25) is 0 Å². The van der Waals surface area contributed by atoms with Gasteiger partial charge in [0.25, 0.3) is 11.8 Å². The highest BCUT2D eigenvalue weighted by Crippen LogP contribution is 2.34. The summed E-state index contributed by atoms with van der Waals surface area (Å²) in [5.74, 6) is -0.0305. The molecule has 4 rings (SSSR count). The molecule has 140 valence electrons. The number of nitrogens with zero attached hydrogens (tertiary/aromatic N) is 2. The number of carbonyl (C=O) groups excluding carboxylic acids is 2. The predicted molar refractivity (Wildman–Crippen MR) is 106 cm³/mol. The zero-order valence-corrected chi connectivity index (χ0v) is 15.6. The van der Waals surface area contributed by atoms with E-state index >= 15 is 0 Å². The molecule has 1 N–H and O–H groups in total. The van der Waals surface area contributed by atoms with Crippen LogP contribution in [0.15, 0.2) is 48.5 Å². The van der Waals surface area contributed by atoms with E-state index in [4.69, 9.17) is 0 Å². The van der Waals surface area contributed by atoms with Crippen molar-refractivity contribution in [1.82, 2.24) is 10.2 Å².